The van der Waals surface area contributed by atoms with Gasteiger partial charge < -0.3 is 14.8 Å². The SMILES string of the molecule is CCOC(=O)c1c(NC(=O)c2c(C)c(-c3ccc(OC)cc3)nc3ccccc23)sc2ccccc12. The van der Waals surface area contributed by atoms with Crippen LogP contribution in [0.5, 0.6) is 5.75 Å². The van der Waals surface area contributed by atoms with E-state index in [0.717, 1.165) is 32.3 Å². The molecule has 6 nitrogen and oxygen atoms in total. The van der Waals surface area contributed by atoms with Crippen molar-refractivity contribution in [2.24, 2.45) is 0 Å². The number of esters is 1. The summed E-state index contributed by atoms with van der Waals surface area (Å²) in [4.78, 5) is 31.5. The highest BCUT2D eigenvalue weighted by Gasteiger charge is 2.24. The molecule has 1 N–H and O–H groups in total. The molecule has 0 aliphatic rings. The fourth-order valence-electron chi connectivity index (χ4n) is 4.33. The number of ether oxygens (including phenoxy) is 2. The summed E-state index contributed by atoms with van der Waals surface area (Å²) in [6.45, 7) is 3.90. The summed E-state index contributed by atoms with van der Waals surface area (Å²) in [6.07, 6.45) is 0. The molecule has 180 valence electrons. The van der Waals surface area contributed by atoms with Crippen molar-refractivity contribution >= 4 is 49.2 Å². The van der Waals surface area contributed by atoms with E-state index in [0.29, 0.717) is 27.3 Å². The first-order chi connectivity index (χ1) is 17.5. The Hall–Kier alpha value is -4.23. The number of amides is 1. The van der Waals surface area contributed by atoms with Crippen molar-refractivity contribution in [3.63, 3.8) is 0 Å². The first-order valence-electron chi connectivity index (χ1n) is 11.6. The maximum Gasteiger partial charge on any atom is 0.341 e. The molecule has 1 amide bonds. The van der Waals surface area contributed by atoms with E-state index in [2.05, 4.69) is 5.32 Å². The van der Waals surface area contributed by atoms with Gasteiger partial charge in [-0.15, -0.1) is 11.3 Å². The molecule has 0 spiro atoms. The maximum atomic E-state index is 13.8. The fourth-order valence-corrected chi connectivity index (χ4v) is 5.42. The number of para-hydroxylation sites is 1. The van der Waals surface area contributed by atoms with Crippen LogP contribution in [0.3, 0.4) is 0 Å². The first kappa shape index (κ1) is 23.5. The van der Waals surface area contributed by atoms with Crippen molar-refractivity contribution in [3.05, 3.63) is 89.5 Å². The lowest BCUT2D eigenvalue weighted by atomic mass is 9.97. The highest BCUT2D eigenvalue weighted by atomic mass is 32.1. The van der Waals surface area contributed by atoms with E-state index >= 15 is 0 Å². The van der Waals surface area contributed by atoms with Crippen molar-refractivity contribution in [1.82, 2.24) is 4.98 Å². The van der Waals surface area contributed by atoms with Gasteiger partial charge in [-0.2, -0.15) is 0 Å². The van der Waals surface area contributed by atoms with Gasteiger partial charge in [0.05, 0.1) is 30.5 Å². The minimum atomic E-state index is -0.458. The zero-order chi connectivity index (χ0) is 25.2. The lowest BCUT2D eigenvalue weighted by Gasteiger charge is -2.15. The Morgan fingerprint density at radius 1 is 0.917 bits per heavy atom. The van der Waals surface area contributed by atoms with Gasteiger partial charge in [-0.25, -0.2) is 9.78 Å². The van der Waals surface area contributed by atoms with Gasteiger partial charge in [0.1, 0.15) is 16.3 Å². The molecule has 0 bridgehead atoms. The Balaban J connectivity index is 1.64. The van der Waals surface area contributed by atoms with E-state index in [1.165, 1.54) is 11.3 Å². The van der Waals surface area contributed by atoms with Crippen LogP contribution in [0.1, 0.15) is 33.2 Å². The smallest absolute Gasteiger partial charge is 0.341 e. The van der Waals surface area contributed by atoms with Crippen LogP contribution in [0.2, 0.25) is 0 Å². The van der Waals surface area contributed by atoms with Gasteiger partial charge in [0, 0.05) is 21.0 Å². The quantitative estimate of drug-likeness (QED) is 0.260. The third-order valence-electron chi connectivity index (χ3n) is 6.03. The molecule has 0 radical (unpaired) electrons. The van der Waals surface area contributed by atoms with E-state index in [4.69, 9.17) is 14.5 Å². The number of hydrogen-bond acceptors (Lipinski definition) is 6. The zero-order valence-electron chi connectivity index (χ0n) is 20.1. The molecule has 0 fully saturated rings. The third kappa shape index (κ3) is 4.18. The normalized spacial score (nSPS) is 11.0. The summed E-state index contributed by atoms with van der Waals surface area (Å²) >= 11 is 1.35. The van der Waals surface area contributed by atoms with Crippen molar-refractivity contribution in [2.45, 2.75) is 13.8 Å². The molecular formula is C29H24N2O4S. The fraction of sp³-hybridized carbons (Fsp3) is 0.138. The number of methoxy groups -OCH3 is 1. The third-order valence-corrected chi connectivity index (χ3v) is 7.11. The van der Waals surface area contributed by atoms with E-state index in [9.17, 15) is 9.59 Å². The lowest BCUT2D eigenvalue weighted by molar-refractivity contribution is 0.0530. The summed E-state index contributed by atoms with van der Waals surface area (Å²) < 4.78 is 11.5. The molecular weight excluding hydrogens is 472 g/mol. The molecule has 0 unspecified atom stereocenters. The largest absolute Gasteiger partial charge is 0.497 e. The summed E-state index contributed by atoms with van der Waals surface area (Å²) in [5.41, 5.74) is 3.93. The first-order valence-corrected chi connectivity index (χ1v) is 12.4. The summed E-state index contributed by atoms with van der Waals surface area (Å²) in [5.74, 6) is -0.0233. The molecule has 0 aliphatic carbocycles. The topological polar surface area (TPSA) is 77.5 Å². The Bertz CT molecular complexity index is 1610. The second-order valence-electron chi connectivity index (χ2n) is 8.18. The molecule has 7 heteroatoms. The Morgan fingerprint density at radius 2 is 1.61 bits per heavy atom. The molecule has 36 heavy (non-hydrogen) atoms. The van der Waals surface area contributed by atoms with Gasteiger partial charge in [-0.3, -0.25) is 4.79 Å². The summed E-state index contributed by atoms with van der Waals surface area (Å²) in [6, 6.07) is 22.7. The average molecular weight is 497 g/mol. The minimum absolute atomic E-state index is 0.246. The van der Waals surface area contributed by atoms with E-state index in [1.807, 2.05) is 79.7 Å². The van der Waals surface area contributed by atoms with Crippen LogP contribution in [0.4, 0.5) is 5.00 Å². The number of hydrogen-bond donors (Lipinski definition) is 1. The number of carbonyl (C=O) groups is 2. The number of benzene rings is 3. The Morgan fingerprint density at radius 3 is 2.33 bits per heavy atom. The van der Waals surface area contributed by atoms with Crippen molar-refractivity contribution in [3.8, 4) is 17.0 Å². The van der Waals surface area contributed by atoms with Crippen molar-refractivity contribution < 1.29 is 19.1 Å². The number of nitrogens with one attached hydrogen (secondary N) is 1. The molecule has 5 aromatic rings. The number of rotatable bonds is 6. The van der Waals surface area contributed by atoms with Gasteiger partial charge in [-0.1, -0.05) is 36.4 Å². The molecule has 0 atom stereocenters. The van der Waals surface area contributed by atoms with Crippen molar-refractivity contribution in [2.75, 3.05) is 19.0 Å². The van der Waals surface area contributed by atoms with Crippen LogP contribution < -0.4 is 10.1 Å². The molecule has 0 saturated carbocycles. The van der Waals surface area contributed by atoms with Crippen molar-refractivity contribution in [1.29, 1.82) is 0 Å². The van der Waals surface area contributed by atoms with Gasteiger partial charge in [0.15, 0.2) is 0 Å². The number of anilines is 1. The highest BCUT2D eigenvalue weighted by molar-refractivity contribution is 7.23. The van der Waals surface area contributed by atoms with Crippen LogP contribution in [0.15, 0.2) is 72.8 Å². The highest BCUT2D eigenvalue weighted by Crippen LogP contribution is 2.37. The summed E-state index contributed by atoms with van der Waals surface area (Å²) in [7, 11) is 1.62. The monoisotopic (exact) mass is 496 g/mol. The predicted octanol–water partition coefficient (Wildman–Crippen LogP) is 6.86. The predicted molar refractivity (Wildman–Crippen MR) is 144 cm³/mol. The molecule has 0 aliphatic heterocycles. The Labute approximate surface area is 212 Å². The minimum Gasteiger partial charge on any atom is -0.497 e. The second kappa shape index (κ2) is 9.79. The second-order valence-corrected chi connectivity index (χ2v) is 9.24. The Kier molecular flexibility index (Phi) is 6.40. The zero-order valence-corrected chi connectivity index (χ0v) is 20.9. The number of thiophene rings is 1. The number of pyridine rings is 1. The van der Waals surface area contributed by atoms with Gasteiger partial charge >= 0.3 is 5.97 Å². The number of carbonyl (C=O) groups excluding carboxylic acids is 2. The van der Waals surface area contributed by atoms with Crippen LogP contribution in [0, 0.1) is 6.92 Å². The number of aromatic nitrogens is 1. The molecule has 0 saturated heterocycles. The standard InChI is InChI=1S/C29H24N2O4S/c1-4-35-29(33)25-21-10-6-8-12-23(21)36-28(25)31-27(32)24-17(2)26(18-13-15-19(34-3)16-14-18)30-22-11-7-5-9-20(22)24/h5-16H,4H2,1-3H3,(H,31,32). The molecule has 5 rings (SSSR count). The van der Waals surface area contributed by atoms with E-state index in [-0.39, 0.29) is 12.5 Å². The van der Waals surface area contributed by atoms with Gasteiger partial charge in [0.2, 0.25) is 0 Å². The number of fused-ring (bicyclic) bond motifs is 2. The van der Waals surface area contributed by atoms with Crippen LogP contribution >= 0.6 is 11.3 Å². The van der Waals surface area contributed by atoms with E-state index in [1.54, 1.807) is 14.0 Å². The number of nitrogens with zero attached hydrogens (tertiary/aromatic N) is 1. The van der Waals surface area contributed by atoms with E-state index < -0.39 is 5.97 Å². The maximum absolute atomic E-state index is 13.8. The van der Waals surface area contributed by atoms with Gasteiger partial charge in [-0.05, 0) is 55.8 Å². The molecule has 3 aromatic carbocycles. The van der Waals surface area contributed by atoms with Crippen LogP contribution in [-0.4, -0.2) is 30.6 Å². The van der Waals surface area contributed by atoms with Gasteiger partial charge in [0.25, 0.3) is 5.91 Å². The van der Waals surface area contributed by atoms with Crippen LogP contribution in [-0.2, 0) is 4.74 Å². The van der Waals surface area contributed by atoms with Crippen LogP contribution in [0.25, 0.3) is 32.2 Å². The lowest BCUT2D eigenvalue weighted by Crippen LogP contribution is -2.17. The molecule has 2 aromatic heterocycles. The molecule has 2 heterocycles. The average Bonchev–Trinajstić information content (AvgIpc) is 3.26. The summed E-state index contributed by atoms with van der Waals surface area (Å²) in [5, 5.41) is 4.98.